The summed E-state index contributed by atoms with van der Waals surface area (Å²) in [4.78, 5) is 68.4. The maximum atomic E-state index is 14.0. The Morgan fingerprint density at radius 2 is 1.35 bits per heavy atom. The second-order valence-corrected chi connectivity index (χ2v) is 14.6. The lowest BCUT2D eigenvalue weighted by molar-refractivity contribution is -0.146. The van der Waals surface area contributed by atoms with Crippen molar-refractivity contribution in [1.29, 1.82) is 0 Å². The van der Waals surface area contributed by atoms with Gasteiger partial charge >= 0.3 is 5.97 Å². The number of methoxy groups -OCH3 is 1. The molecule has 1 aliphatic heterocycles. The Balaban J connectivity index is 1.71. The molecule has 0 aliphatic carbocycles. The van der Waals surface area contributed by atoms with Crippen LogP contribution in [0.15, 0.2) is 60.7 Å². The number of rotatable bonds is 25. The Labute approximate surface area is 325 Å². The van der Waals surface area contributed by atoms with E-state index in [-0.39, 0.29) is 37.8 Å². The molecule has 3 rings (SSSR count). The number of likely N-dealkylation sites (tertiary alicyclic amines) is 1. The molecule has 55 heavy (non-hydrogen) atoms. The monoisotopic (exact) mass is 766 g/mol. The maximum Gasteiger partial charge on any atom is 0.306 e. The highest BCUT2D eigenvalue weighted by molar-refractivity contribution is 5.95. The van der Waals surface area contributed by atoms with Gasteiger partial charge in [-0.15, -0.1) is 0 Å². The van der Waals surface area contributed by atoms with Crippen molar-refractivity contribution in [3.63, 3.8) is 0 Å². The highest BCUT2D eigenvalue weighted by Gasteiger charge is 2.34. The molecule has 14 heteroatoms. The number of carbonyl (C=O) groups is 5. The standard InChI is InChI=1S/C41H62N6O8/c1-29(2)26-35(46-39(50)36(28-31-14-8-5-9-15-31)45-37(48)33(42)27-30-12-6-4-7-13-30)38(49)44-34(16-10-11-19-43-20-23-55-25-24-54-3)40(51)47-21-17-32(18-22-47)41(52)53/h4-9,12-15,29,32-36,43H,10-11,16-28,42H2,1-3H3,(H,44,49)(H,45,48)(H,46,50)(H,52,53). The zero-order valence-corrected chi connectivity index (χ0v) is 32.7. The van der Waals surface area contributed by atoms with Crippen molar-refractivity contribution in [3.8, 4) is 0 Å². The van der Waals surface area contributed by atoms with Gasteiger partial charge in [-0.3, -0.25) is 24.0 Å². The zero-order valence-electron chi connectivity index (χ0n) is 32.7. The van der Waals surface area contributed by atoms with Crippen LogP contribution in [0.4, 0.5) is 0 Å². The van der Waals surface area contributed by atoms with Crippen molar-refractivity contribution < 1.29 is 38.6 Å². The van der Waals surface area contributed by atoms with E-state index in [2.05, 4.69) is 21.3 Å². The summed E-state index contributed by atoms with van der Waals surface area (Å²) in [7, 11) is 1.62. The van der Waals surface area contributed by atoms with Crippen LogP contribution in [0.2, 0.25) is 0 Å². The molecule has 0 aromatic heterocycles. The Kier molecular flexibility index (Phi) is 20.4. The number of carboxylic acid groups (broad SMARTS) is 1. The number of hydrogen-bond donors (Lipinski definition) is 6. The van der Waals surface area contributed by atoms with E-state index in [0.717, 1.165) is 17.5 Å². The normalized spacial score (nSPS) is 15.5. The molecule has 4 amide bonds. The van der Waals surface area contributed by atoms with Gasteiger partial charge in [0, 0.05) is 33.2 Å². The van der Waals surface area contributed by atoms with Gasteiger partial charge in [0.2, 0.25) is 23.6 Å². The molecule has 2 aromatic carbocycles. The lowest BCUT2D eigenvalue weighted by atomic mass is 9.96. The van der Waals surface area contributed by atoms with E-state index in [0.29, 0.717) is 65.0 Å². The molecule has 0 saturated carbocycles. The van der Waals surface area contributed by atoms with Crippen LogP contribution < -0.4 is 27.0 Å². The Morgan fingerprint density at radius 3 is 1.95 bits per heavy atom. The van der Waals surface area contributed by atoms with Crippen molar-refractivity contribution in [2.24, 2.45) is 17.6 Å². The molecule has 7 N–H and O–H groups in total. The number of nitrogens with two attached hydrogens (primary N) is 1. The van der Waals surface area contributed by atoms with Crippen LogP contribution in [0, 0.1) is 11.8 Å². The number of piperidine rings is 1. The number of unbranched alkanes of at least 4 members (excludes halogenated alkanes) is 1. The van der Waals surface area contributed by atoms with Gasteiger partial charge in [-0.2, -0.15) is 0 Å². The molecule has 2 aromatic rings. The van der Waals surface area contributed by atoms with E-state index in [1.807, 2.05) is 74.5 Å². The number of hydrogen-bond acceptors (Lipinski definition) is 9. The number of amides is 4. The third-order valence-electron chi connectivity index (χ3n) is 9.61. The van der Waals surface area contributed by atoms with Crippen LogP contribution in [0.1, 0.15) is 63.5 Å². The predicted molar refractivity (Wildman–Crippen MR) is 210 cm³/mol. The lowest BCUT2D eigenvalue weighted by Gasteiger charge is -2.34. The fourth-order valence-corrected chi connectivity index (χ4v) is 6.48. The largest absolute Gasteiger partial charge is 0.481 e. The highest BCUT2D eigenvalue weighted by atomic mass is 16.5. The molecule has 1 fully saturated rings. The molecule has 0 bridgehead atoms. The Hall–Kier alpha value is -4.37. The lowest BCUT2D eigenvalue weighted by Crippen LogP contribution is -2.59. The number of benzene rings is 2. The average Bonchev–Trinajstić information content (AvgIpc) is 3.17. The first-order valence-corrected chi connectivity index (χ1v) is 19.5. The summed E-state index contributed by atoms with van der Waals surface area (Å²) in [6.45, 7) is 7.40. The number of nitrogens with one attached hydrogen (secondary N) is 4. The molecule has 4 unspecified atom stereocenters. The topological polar surface area (TPSA) is 201 Å². The van der Waals surface area contributed by atoms with E-state index < -0.39 is 53.8 Å². The Morgan fingerprint density at radius 1 is 0.764 bits per heavy atom. The van der Waals surface area contributed by atoms with E-state index in [9.17, 15) is 29.1 Å². The van der Waals surface area contributed by atoms with E-state index in [1.165, 1.54) is 0 Å². The van der Waals surface area contributed by atoms with Crippen molar-refractivity contribution in [2.45, 2.75) is 89.4 Å². The van der Waals surface area contributed by atoms with E-state index in [4.69, 9.17) is 15.2 Å². The zero-order chi connectivity index (χ0) is 40.0. The van der Waals surface area contributed by atoms with Crippen molar-refractivity contribution in [3.05, 3.63) is 71.8 Å². The van der Waals surface area contributed by atoms with Gasteiger partial charge in [-0.05, 0) is 68.5 Å². The van der Waals surface area contributed by atoms with Crippen LogP contribution in [-0.4, -0.2) is 117 Å². The molecule has 1 heterocycles. The third kappa shape index (κ3) is 16.9. The summed E-state index contributed by atoms with van der Waals surface area (Å²) in [5, 5.41) is 21.4. The van der Waals surface area contributed by atoms with Gasteiger partial charge in [0.1, 0.15) is 18.1 Å². The van der Waals surface area contributed by atoms with Gasteiger partial charge in [0.15, 0.2) is 0 Å². The minimum atomic E-state index is -1.02. The SMILES string of the molecule is COCCOCCNCCCCC(NC(=O)C(CC(C)C)NC(=O)C(Cc1ccccc1)NC(=O)C(N)Cc1ccccc1)C(=O)N1CCC(C(=O)O)CC1. The molecule has 0 radical (unpaired) electrons. The second kappa shape index (κ2) is 24.9. The van der Waals surface area contributed by atoms with Crippen molar-refractivity contribution in [1.82, 2.24) is 26.2 Å². The van der Waals surface area contributed by atoms with E-state index >= 15 is 0 Å². The molecular formula is C41H62N6O8. The summed E-state index contributed by atoms with van der Waals surface area (Å²) < 4.78 is 10.5. The van der Waals surface area contributed by atoms with Gasteiger partial charge in [-0.25, -0.2) is 0 Å². The van der Waals surface area contributed by atoms with Crippen LogP contribution >= 0.6 is 0 Å². The van der Waals surface area contributed by atoms with Crippen LogP contribution in [0.5, 0.6) is 0 Å². The molecule has 304 valence electrons. The first-order valence-electron chi connectivity index (χ1n) is 19.5. The number of carbonyl (C=O) groups excluding carboxylic acids is 4. The number of nitrogens with zero attached hydrogens (tertiary/aromatic N) is 1. The number of ether oxygens (including phenoxy) is 2. The first-order chi connectivity index (χ1) is 26.5. The van der Waals surface area contributed by atoms with Gasteiger partial charge in [0.05, 0.1) is 31.8 Å². The van der Waals surface area contributed by atoms with Crippen LogP contribution in [0.25, 0.3) is 0 Å². The summed E-state index contributed by atoms with van der Waals surface area (Å²) in [6, 6.07) is 14.9. The molecule has 4 atom stereocenters. The van der Waals surface area contributed by atoms with E-state index in [1.54, 1.807) is 12.0 Å². The minimum absolute atomic E-state index is 0.00580. The number of aliphatic carboxylic acids is 1. The maximum absolute atomic E-state index is 14.0. The third-order valence-corrected chi connectivity index (χ3v) is 9.61. The fourth-order valence-electron chi connectivity index (χ4n) is 6.48. The quantitative estimate of drug-likeness (QED) is 0.0813. The summed E-state index contributed by atoms with van der Waals surface area (Å²) in [6.07, 6.45) is 3.18. The highest BCUT2D eigenvalue weighted by Crippen LogP contribution is 2.19. The molecule has 1 saturated heterocycles. The van der Waals surface area contributed by atoms with Gasteiger partial charge < -0.3 is 46.5 Å². The first kappa shape index (κ1) is 45.0. The van der Waals surface area contributed by atoms with Crippen molar-refractivity contribution >= 4 is 29.6 Å². The molecule has 0 spiro atoms. The minimum Gasteiger partial charge on any atom is -0.481 e. The smallest absolute Gasteiger partial charge is 0.306 e. The predicted octanol–water partition coefficient (Wildman–Crippen LogP) is 2.05. The molecular weight excluding hydrogens is 704 g/mol. The molecule has 14 nitrogen and oxygen atoms in total. The average molecular weight is 767 g/mol. The summed E-state index contributed by atoms with van der Waals surface area (Å²) in [5.74, 6) is -3.18. The summed E-state index contributed by atoms with van der Waals surface area (Å²) in [5.41, 5.74) is 7.98. The molecule has 1 aliphatic rings. The van der Waals surface area contributed by atoms with Gasteiger partial charge in [-0.1, -0.05) is 74.5 Å². The Bertz CT molecular complexity index is 1460. The fraction of sp³-hybridized carbons (Fsp3) is 0.585. The van der Waals surface area contributed by atoms with Crippen LogP contribution in [0.3, 0.4) is 0 Å². The number of carboxylic acids is 1. The second-order valence-electron chi connectivity index (χ2n) is 14.6. The van der Waals surface area contributed by atoms with Gasteiger partial charge in [0.25, 0.3) is 0 Å². The summed E-state index contributed by atoms with van der Waals surface area (Å²) >= 11 is 0. The van der Waals surface area contributed by atoms with Crippen molar-refractivity contribution in [2.75, 3.05) is 53.1 Å². The van der Waals surface area contributed by atoms with Crippen LogP contribution in [-0.2, 0) is 46.3 Å².